The number of aromatic amines is 1. The highest BCUT2D eigenvalue weighted by Gasteiger charge is 2.19. The van der Waals surface area contributed by atoms with Crippen molar-refractivity contribution in [3.8, 4) is 0 Å². The molecule has 1 unspecified atom stereocenters. The van der Waals surface area contributed by atoms with Crippen LogP contribution in [0.4, 0.5) is 5.69 Å². The number of aromatic nitrogens is 2. The number of anilines is 1. The van der Waals surface area contributed by atoms with Crippen molar-refractivity contribution < 1.29 is 8.42 Å². The number of rotatable bonds is 6. The second kappa shape index (κ2) is 6.09. The Labute approximate surface area is 119 Å². The van der Waals surface area contributed by atoms with Gasteiger partial charge in [-0.2, -0.15) is 0 Å². The summed E-state index contributed by atoms with van der Waals surface area (Å²) in [5.74, 6) is 0.889. The highest BCUT2D eigenvalue weighted by molar-refractivity contribution is 7.91. The molecule has 20 heavy (non-hydrogen) atoms. The topological polar surface area (TPSA) is 74.8 Å². The quantitative estimate of drug-likeness (QED) is 0.858. The first kappa shape index (κ1) is 14.6. The number of benzene rings is 1. The van der Waals surface area contributed by atoms with Crippen LogP contribution >= 0.6 is 0 Å². The summed E-state index contributed by atoms with van der Waals surface area (Å²) in [6.07, 6.45) is 4.25. The van der Waals surface area contributed by atoms with Gasteiger partial charge in [-0.3, -0.25) is 0 Å². The molecule has 108 valence electrons. The van der Waals surface area contributed by atoms with E-state index in [-0.39, 0.29) is 11.8 Å². The number of hydrogen-bond acceptors (Lipinski definition) is 4. The number of nitrogens with one attached hydrogen (secondary N) is 2. The summed E-state index contributed by atoms with van der Waals surface area (Å²) in [4.78, 5) is 7.63. The minimum atomic E-state index is -3.24. The molecule has 0 aliphatic heterocycles. The zero-order chi connectivity index (χ0) is 14.6. The lowest BCUT2D eigenvalue weighted by Gasteiger charge is -2.18. The first-order chi connectivity index (χ1) is 9.58. The summed E-state index contributed by atoms with van der Waals surface area (Å²) >= 11 is 0. The third-order valence-corrected chi connectivity index (χ3v) is 4.98. The van der Waals surface area contributed by atoms with E-state index in [0.29, 0.717) is 10.6 Å². The summed E-state index contributed by atoms with van der Waals surface area (Å²) in [6, 6.07) is 6.94. The summed E-state index contributed by atoms with van der Waals surface area (Å²) in [6.45, 7) is 3.67. The SMILES string of the molecule is CCC(Nc1ccccc1S(=O)(=O)CC)c1ncc[nH]1. The van der Waals surface area contributed by atoms with Gasteiger partial charge in [0.25, 0.3) is 0 Å². The average molecular weight is 293 g/mol. The molecule has 2 rings (SSSR count). The normalized spacial score (nSPS) is 13.1. The third kappa shape index (κ3) is 3.01. The van der Waals surface area contributed by atoms with E-state index in [1.165, 1.54) is 0 Å². The number of imidazole rings is 1. The lowest BCUT2D eigenvalue weighted by atomic mass is 10.2. The van der Waals surface area contributed by atoms with Gasteiger partial charge < -0.3 is 10.3 Å². The molecule has 1 aromatic carbocycles. The van der Waals surface area contributed by atoms with Crippen LogP contribution in [0, 0.1) is 0 Å². The van der Waals surface area contributed by atoms with Crippen LogP contribution in [0.15, 0.2) is 41.6 Å². The summed E-state index contributed by atoms with van der Waals surface area (Å²) in [7, 11) is -3.24. The van der Waals surface area contributed by atoms with Crippen LogP contribution in [0.25, 0.3) is 0 Å². The first-order valence-corrected chi connectivity index (χ1v) is 8.31. The summed E-state index contributed by atoms with van der Waals surface area (Å²) in [5, 5.41) is 3.27. The Morgan fingerprint density at radius 1 is 1.30 bits per heavy atom. The second-order valence-corrected chi connectivity index (χ2v) is 6.73. The van der Waals surface area contributed by atoms with Crippen LogP contribution in [0.2, 0.25) is 0 Å². The van der Waals surface area contributed by atoms with Crippen molar-refractivity contribution in [2.45, 2.75) is 31.2 Å². The van der Waals surface area contributed by atoms with Crippen LogP contribution in [0.5, 0.6) is 0 Å². The Bertz CT molecular complexity index is 651. The molecule has 6 heteroatoms. The maximum Gasteiger partial charge on any atom is 0.180 e. The predicted molar refractivity (Wildman–Crippen MR) is 79.4 cm³/mol. The van der Waals surface area contributed by atoms with Crippen LogP contribution in [-0.2, 0) is 9.84 Å². The van der Waals surface area contributed by atoms with Gasteiger partial charge in [0.05, 0.1) is 22.4 Å². The molecule has 0 aliphatic rings. The standard InChI is InChI=1S/C14H19N3O2S/c1-3-11(14-15-9-10-16-14)17-12-7-5-6-8-13(12)20(18,19)4-2/h5-11,17H,3-4H2,1-2H3,(H,15,16). The van der Waals surface area contributed by atoms with Gasteiger partial charge in [-0.25, -0.2) is 13.4 Å². The highest BCUT2D eigenvalue weighted by atomic mass is 32.2. The maximum atomic E-state index is 12.1. The van der Waals surface area contributed by atoms with Gasteiger partial charge in [0, 0.05) is 12.4 Å². The molecule has 1 aromatic heterocycles. The molecule has 0 spiro atoms. The molecule has 0 fully saturated rings. The van der Waals surface area contributed by atoms with Crippen molar-refractivity contribution >= 4 is 15.5 Å². The molecule has 5 nitrogen and oxygen atoms in total. The van der Waals surface area contributed by atoms with Gasteiger partial charge >= 0.3 is 0 Å². The molecule has 2 aromatic rings. The molecule has 0 radical (unpaired) electrons. The van der Waals surface area contributed by atoms with Crippen molar-refractivity contribution in [3.05, 3.63) is 42.5 Å². The Hall–Kier alpha value is -1.82. The van der Waals surface area contributed by atoms with E-state index >= 15 is 0 Å². The predicted octanol–water partition coefficient (Wildman–Crippen LogP) is 2.77. The van der Waals surface area contributed by atoms with E-state index in [9.17, 15) is 8.42 Å². The Kier molecular flexibility index (Phi) is 4.44. The van der Waals surface area contributed by atoms with Gasteiger partial charge in [-0.15, -0.1) is 0 Å². The van der Waals surface area contributed by atoms with Crippen LogP contribution in [0.1, 0.15) is 32.1 Å². The third-order valence-electron chi connectivity index (χ3n) is 3.19. The van der Waals surface area contributed by atoms with Gasteiger partial charge in [0.2, 0.25) is 0 Å². The number of sulfone groups is 1. The monoisotopic (exact) mass is 293 g/mol. The van der Waals surface area contributed by atoms with E-state index in [2.05, 4.69) is 15.3 Å². The molecule has 1 heterocycles. The highest BCUT2D eigenvalue weighted by Crippen LogP contribution is 2.26. The summed E-state index contributed by atoms with van der Waals surface area (Å²) in [5.41, 5.74) is 0.623. The molecule has 0 bridgehead atoms. The Morgan fingerprint density at radius 3 is 2.65 bits per heavy atom. The minimum absolute atomic E-state index is 0.0433. The van der Waals surface area contributed by atoms with Crippen molar-refractivity contribution in [1.29, 1.82) is 0 Å². The minimum Gasteiger partial charge on any atom is -0.374 e. The van der Waals surface area contributed by atoms with Gasteiger partial charge in [-0.05, 0) is 18.6 Å². The zero-order valence-corrected chi connectivity index (χ0v) is 12.4. The lowest BCUT2D eigenvalue weighted by Crippen LogP contribution is -2.14. The number of H-pyrrole nitrogens is 1. The van der Waals surface area contributed by atoms with E-state index in [4.69, 9.17) is 0 Å². The van der Waals surface area contributed by atoms with Crippen molar-refractivity contribution in [1.82, 2.24) is 9.97 Å². The molecule has 0 saturated carbocycles. The number of para-hydroxylation sites is 1. The fraction of sp³-hybridized carbons (Fsp3) is 0.357. The fourth-order valence-corrected chi connectivity index (χ4v) is 3.09. The smallest absolute Gasteiger partial charge is 0.180 e. The molecule has 0 aliphatic carbocycles. The molecular weight excluding hydrogens is 274 g/mol. The molecular formula is C14H19N3O2S. The Balaban J connectivity index is 2.34. The first-order valence-electron chi connectivity index (χ1n) is 6.66. The van der Waals surface area contributed by atoms with E-state index in [1.807, 2.05) is 13.0 Å². The van der Waals surface area contributed by atoms with E-state index < -0.39 is 9.84 Å². The van der Waals surface area contributed by atoms with Crippen molar-refractivity contribution in [2.75, 3.05) is 11.1 Å². The maximum absolute atomic E-state index is 12.1. The molecule has 2 N–H and O–H groups in total. The van der Waals surface area contributed by atoms with E-state index in [0.717, 1.165) is 12.2 Å². The van der Waals surface area contributed by atoms with Crippen molar-refractivity contribution in [2.24, 2.45) is 0 Å². The molecule has 0 saturated heterocycles. The fourth-order valence-electron chi connectivity index (χ4n) is 2.03. The van der Waals surface area contributed by atoms with Crippen LogP contribution < -0.4 is 5.32 Å². The largest absolute Gasteiger partial charge is 0.374 e. The lowest BCUT2D eigenvalue weighted by molar-refractivity contribution is 0.597. The number of hydrogen-bond donors (Lipinski definition) is 2. The van der Waals surface area contributed by atoms with Gasteiger partial charge in [0.1, 0.15) is 5.82 Å². The number of nitrogens with zero attached hydrogens (tertiary/aromatic N) is 1. The molecule has 0 amide bonds. The second-order valence-electron chi connectivity index (χ2n) is 4.48. The van der Waals surface area contributed by atoms with E-state index in [1.54, 1.807) is 37.5 Å². The zero-order valence-electron chi connectivity index (χ0n) is 11.6. The summed E-state index contributed by atoms with van der Waals surface area (Å²) < 4.78 is 24.2. The molecule has 1 atom stereocenters. The average Bonchev–Trinajstić information content (AvgIpc) is 2.99. The van der Waals surface area contributed by atoms with Crippen LogP contribution in [-0.4, -0.2) is 24.1 Å². The van der Waals surface area contributed by atoms with Crippen LogP contribution in [0.3, 0.4) is 0 Å². The van der Waals surface area contributed by atoms with Gasteiger partial charge in [-0.1, -0.05) is 26.0 Å². The Morgan fingerprint density at radius 2 is 2.05 bits per heavy atom. The van der Waals surface area contributed by atoms with Crippen molar-refractivity contribution in [3.63, 3.8) is 0 Å². The van der Waals surface area contributed by atoms with Gasteiger partial charge in [0.15, 0.2) is 9.84 Å².